The highest BCUT2D eigenvalue weighted by Crippen LogP contribution is 2.55. The first kappa shape index (κ1) is 26.2. The van der Waals surface area contributed by atoms with Gasteiger partial charge in [-0.3, -0.25) is 9.59 Å². The van der Waals surface area contributed by atoms with Crippen molar-refractivity contribution in [1.29, 1.82) is 0 Å². The molecule has 6 nitrogen and oxygen atoms in total. The molecule has 184 valence electrons. The fraction of sp³-hybridized carbons (Fsp3) is 0.286. The first-order chi connectivity index (χ1) is 16.5. The maximum absolute atomic E-state index is 14.9. The fourth-order valence-corrected chi connectivity index (χ4v) is 6.75. The monoisotopic (exact) mass is 494 g/mol. The van der Waals surface area contributed by atoms with Crippen LogP contribution < -0.4 is 19.5 Å². The van der Waals surface area contributed by atoms with Crippen LogP contribution in [0.4, 0.5) is 0 Å². The van der Waals surface area contributed by atoms with Crippen molar-refractivity contribution in [2.24, 2.45) is 0 Å². The number of carbonyl (C=O) groups is 2. The summed E-state index contributed by atoms with van der Waals surface area (Å²) in [5, 5.41) is 0.157. The van der Waals surface area contributed by atoms with E-state index in [1.165, 1.54) is 33.5 Å². The fourth-order valence-electron chi connectivity index (χ4n) is 4.32. The minimum Gasteiger partial charge on any atom is -0.496 e. The van der Waals surface area contributed by atoms with Gasteiger partial charge in [-0.05, 0) is 62.4 Å². The Kier molecular flexibility index (Phi) is 7.56. The second-order valence-electron chi connectivity index (χ2n) is 8.46. The molecule has 35 heavy (non-hydrogen) atoms. The Labute approximate surface area is 206 Å². The standard InChI is InChI=1S/C28H31O6P/c1-16-17(2)19(4)25(20(5)18(16)3)27(29)35(31,22-12-10-9-11-13-22)28(30)26-23(33-7)14-21(32-6)15-24(26)34-8/h9-15H,1-8H3. The lowest BCUT2D eigenvalue weighted by molar-refractivity contribution is 0.103. The Balaban J connectivity index is 2.39. The maximum Gasteiger partial charge on any atom is 0.249 e. The van der Waals surface area contributed by atoms with Crippen molar-refractivity contribution in [3.05, 3.63) is 81.4 Å². The Hall–Kier alpha value is -3.37. The van der Waals surface area contributed by atoms with Crippen LogP contribution in [0.2, 0.25) is 0 Å². The average Bonchev–Trinajstić information content (AvgIpc) is 2.89. The summed E-state index contributed by atoms with van der Waals surface area (Å²) >= 11 is 0. The minimum absolute atomic E-state index is 0.0628. The van der Waals surface area contributed by atoms with E-state index in [0.717, 1.165) is 16.7 Å². The molecule has 0 aliphatic heterocycles. The molecule has 1 unspecified atom stereocenters. The summed E-state index contributed by atoms with van der Waals surface area (Å²) in [5.41, 5.74) is 3.07. The van der Waals surface area contributed by atoms with Crippen molar-refractivity contribution in [2.75, 3.05) is 21.3 Å². The number of rotatable bonds is 8. The smallest absolute Gasteiger partial charge is 0.249 e. The minimum atomic E-state index is -4.39. The van der Waals surface area contributed by atoms with Crippen LogP contribution in [0.15, 0.2) is 42.5 Å². The molecule has 3 aromatic carbocycles. The highest BCUT2D eigenvalue weighted by molar-refractivity contribution is 8.01. The zero-order chi connectivity index (χ0) is 26.1. The molecule has 3 rings (SSSR count). The van der Waals surface area contributed by atoms with Gasteiger partial charge < -0.3 is 18.8 Å². The van der Waals surface area contributed by atoms with Crippen molar-refractivity contribution >= 4 is 23.5 Å². The van der Waals surface area contributed by atoms with E-state index in [4.69, 9.17) is 14.2 Å². The molecule has 0 amide bonds. The summed E-state index contributed by atoms with van der Waals surface area (Å²) in [7, 11) is -0.135. The van der Waals surface area contributed by atoms with Crippen molar-refractivity contribution in [3.8, 4) is 17.2 Å². The molecule has 0 aromatic heterocycles. The molecule has 0 saturated carbocycles. The average molecular weight is 495 g/mol. The molecule has 7 heteroatoms. The number of hydrogen-bond donors (Lipinski definition) is 0. The largest absolute Gasteiger partial charge is 0.496 e. The molecule has 0 bridgehead atoms. The number of ether oxygens (including phenoxy) is 3. The van der Waals surface area contributed by atoms with Gasteiger partial charge in [-0.25, -0.2) is 0 Å². The van der Waals surface area contributed by atoms with Crippen molar-refractivity contribution in [2.45, 2.75) is 34.6 Å². The number of hydrogen-bond acceptors (Lipinski definition) is 6. The third kappa shape index (κ3) is 4.28. The van der Waals surface area contributed by atoms with Gasteiger partial charge in [0.05, 0.1) is 21.3 Å². The van der Waals surface area contributed by atoms with Crippen LogP contribution in [-0.2, 0) is 4.57 Å². The van der Waals surface area contributed by atoms with Crippen LogP contribution in [0.3, 0.4) is 0 Å². The van der Waals surface area contributed by atoms with Gasteiger partial charge in [0.2, 0.25) is 18.2 Å². The molecular formula is C28H31O6P. The maximum atomic E-state index is 14.9. The second kappa shape index (κ2) is 10.1. The van der Waals surface area contributed by atoms with Gasteiger partial charge in [0.1, 0.15) is 22.8 Å². The highest BCUT2D eigenvalue weighted by atomic mass is 31.2. The molecule has 0 heterocycles. The topological polar surface area (TPSA) is 78.9 Å². The Morgan fingerprint density at radius 1 is 0.629 bits per heavy atom. The van der Waals surface area contributed by atoms with E-state index in [1.54, 1.807) is 30.3 Å². The predicted octanol–water partition coefficient (Wildman–Crippen LogP) is 5.92. The third-order valence-electron chi connectivity index (χ3n) is 6.83. The summed E-state index contributed by atoms with van der Waals surface area (Å²) in [5.74, 6) is 0.618. The normalized spacial score (nSPS) is 12.6. The summed E-state index contributed by atoms with van der Waals surface area (Å²) in [6, 6.07) is 11.2. The van der Waals surface area contributed by atoms with E-state index >= 15 is 0 Å². The van der Waals surface area contributed by atoms with Gasteiger partial charge in [0.15, 0.2) is 0 Å². The van der Waals surface area contributed by atoms with Crippen LogP contribution in [0, 0.1) is 34.6 Å². The van der Waals surface area contributed by atoms with Crippen molar-refractivity contribution in [1.82, 2.24) is 0 Å². The van der Waals surface area contributed by atoms with Crippen LogP contribution in [0.5, 0.6) is 17.2 Å². The molecule has 1 atom stereocenters. The lowest BCUT2D eigenvalue weighted by Crippen LogP contribution is -2.23. The van der Waals surface area contributed by atoms with E-state index in [1.807, 2.05) is 34.6 Å². The Morgan fingerprint density at radius 3 is 1.49 bits per heavy atom. The number of benzene rings is 3. The zero-order valence-electron chi connectivity index (χ0n) is 21.4. The lowest BCUT2D eigenvalue weighted by Gasteiger charge is -2.23. The van der Waals surface area contributed by atoms with Crippen LogP contribution in [0.25, 0.3) is 0 Å². The predicted molar refractivity (Wildman–Crippen MR) is 139 cm³/mol. The molecule has 0 saturated heterocycles. The van der Waals surface area contributed by atoms with Crippen molar-refractivity contribution in [3.63, 3.8) is 0 Å². The molecule has 0 aliphatic rings. The van der Waals surface area contributed by atoms with Crippen molar-refractivity contribution < 1.29 is 28.4 Å². The zero-order valence-corrected chi connectivity index (χ0v) is 22.3. The SMILES string of the molecule is COc1cc(OC)c(C(=O)P(=O)(C(=O)c2c(C)c(C)c(C)c(C)c2C)c2ccccc2)c(OC)c1. The van der Waals surface area contributed by atoms with Crippen LogP contribution >= 0.6 is 7.14 Å². The summed E-state index contributed by atoms with van der Waals surface area (Å²) in [4.78, 5) is 28.5. The Bertz CT molecular complexity index is 1300. The van der Waals surface area contributed by atoms with E-state index in [9.17, 15) is 14.2 Å². The second-order valence-corrected chi connectivity index (χ2v) is 11.0. The molecule has 0 fully saturated rings. The molecular weight excluding hydrogens is 463 g/mol. The van der Waals surface area contributed by atoms with Crippen LogP contribution in [-0.4, -0.2) is 32.4 Å². The molecule has 3 aromatic rings. The van der Waals surface area contributed by atoms with Gasteiger partial charge in [0, 0.05) is 23.0 Å². The summed E-state index contributed by atoms with van der Waals surface area (Å²) in [6.45, 7) is 9.51. The van der Waals surface area contributed by atoms with Gasteiger partial charge in [0.25, 0.3) is 0 Å². The first-order valence-electron chi connectivity index (χ1n) is 11.2. The number of carbonyl (C=O) groups excluding carboxylic acids is 2. The van der Waals surface area contributed by atoms with E-state index in [-0.39, 0.29) is 22.4 Å². The molecule has 0 radical (unpaired) electrons. The molecule has 0 spiro atoms. The number of methoxy groups -OCH3 is 3. The van der Waals surface area contributed by atoms with Gasteiger partial charge in [-0.2, -0.15) is 0 Å². The Morgan fingerprint density at radius 2 is 1.06 bits per heavy atom. The molecule has 0 N–H and O–H groups in total. The van der Waals surface area contributed by atoms with Gasteiger partial charge >= 0.3 is 0 Å². The van der Waals surface area contributed by atoms with E-state index < -0.39 is 18.2 Å². The lowest BCUT2D eigenvalue weighted by atomic mass is 9.90. The van der Waals surface area contributed by atoms with Gasteiger partial charge in [-0.15, -0.1) is 0 Å². The highest BCUT2D eigenvalue weighted by Gasteiger charge is 2.46. The van der Waals surface area contributed by atoms with Gasteiger partial charge in [-0.1, -0.05) is 30.3 Å². The molecule has 0 aliphatic carbocycles. The van der Waals surface area contributed by atoms with Crippen LogP contribution in [0.1, 0.15) is 48.5 Å². The third-order valence-corrected chi connectivity index (χ3v) is 9.45. The van der Waals surface area contributed by atoms with E-state index in [0.29, 0.717) is 22.4 Å². The summed E-state index contributed by atoms with van der Waals surface area (Å²) < 4.78 is 31.1. The first-order valence-corrected chi connectivity index (χ1v) is 12.9. The summed E-state index contributed by atoms with van der Waals surface area (Å²) in [6.07, 6.45) is 0. The van der Waals surface area contributed by atoms with E-state index in [2.05, 4.69) is 0 Å². The quantitative estimate of drug-likeness (QED) is 0.362.